The molecule has 3 atom stereocenters. The van der Waals surface area contributed by atoms with E-state index in [1.807, 2.05) is 0 Å². The van der Waals surface area contributed by atoms with Gasteiger partial charge >= 0.3 is 0 Å². The number of alkyl halides is 4. The van der Waals surface area contributed by atoms with Crippen molar-refractivity contribution in [1.82, 2.24) is 10.6 Å². The molecule has 3 fully saturated rings. The molecule has 2 aromatic rings. The van der Waals surface area contributed by atoms with Gasteiger partial charge in [-0.05, 0) is 79.0 Å². The highest BCUT2D eigenvalue weighted by molar-refractivity contribution is 5.81. The monoisotopic (exact) mass is 540 g/mol. The Balaban J connectivity index is 1.37. The molecule has 0 radical (unpaired) electrons. The fourth-order valence-corrected chi connectivity index (χ4v) is 5.65. The summed E-state index contributed by atoms with van der Waals surface area (Å²) in [7, 11) is 0. The number of rotatable bonds is 7. The van der Waals surface area contributed by atoms with Crippen LogP contribution in [-0.2, 0) is 16.0 Å². The van der Waals surface area contributed by atoms with Crippen molar-refractivity contribution < 1.29 is 35.9 Å². The van der Waals surface area contributed by atoms with E-state index >= 15 is 0 Å². The molecule has 206 valence electrons. The van der Waals surface area contributed by atoms with Crippen molar-refractivity contribution in [1.29, 1.82) is 0 Å². The Bertz CT molecular complexity index is 1170. The van der Waals surface area contributed by atoms with Gasteiger partial charge in [0.25, 0.3) is 11.8 Å². The Kier molecular flexibility index (Phi) is 7.48. The summed E-state index contributed by atoms with van der Waals surface area (Å²) < 4.78 is 92.0. The second-order valence-corrected chi connectivity index (χ2v) is 10.6. The lowest BCUT2D eigenvalue weighted by molar-refractivity contribution is -0.204. The van der Waals surface area contributed by atoms with E-state index in [0.717, 1.165) is 24.5 Å². The molecule has 5 rings (SSSR count). The molecular formula is C28H30F6N2O2. The number of nitrogens with one attached hydrogen (secondary N) is 2. The van der Waals surface area contributed by atoms with Crippen LogP contribution in [0.5, 0.6) is 0 Å². The van der Waals surface area contributed by atoms with Crippen molar-refractivity contribution >= 4 is 5.91 Å². The van der Waals surface area contributed by atoms with E-state index in [0.29, 0.717) is 16.7 Å². The Morgan fingerprint density at radius 2 is 1.74 bits per heavy atom. The number of amides is 1. The molecule has 3 aliphatic rings. The second kappa shape index (κ2) is 10.5. The maximum absolute atomic E-state index is 15.0. The summed E-state index contributed by atoms with van der Waals surface area (Å²) in [4.78, 5) is 13.1. The Hall–Kier alpha value is -2.59. The van der Waals surface area contributed by atoms with Crippen LogP contribution in [0.25, 0.3) is 11.1 Å². The van der Waals surface area contributed by atoms with Crippen molar-refractivity contribution in [3.05, 3.63) is 59.2 Å². The minimum Gasteiger partial charge on any atom is -0.366 e. The third-order valence-corrected chi connectivity index (χ3v) is 7.60. The van der Waals surface area contributed by atoms with Crippen molar-refractivity contribution in [2.75, 3.05) is 13.1 Å². The molecule has 2 aliphatic carbocycles. The minimum atomic E-state index is -3.32. The zero-order valence-corrected chi connectivity index (χ0v) is 20.7. The van der Waals surface area contributed by atoms with Crippen LogP contribution in [0, 0.1) is 11.6 Å². The largest absolute Gasteiger partial charge is 0.366 e. The lowest BCUT2D eigenvalue weighted by Gasteiger charge is -2.42. The van der Waals surface area contributed by atoms with Crippen molar-refractivity contribution in [2.45, 2.75) is 81.0 Å². The highest BCUT2D eigenvalue weighted by atomic mass is 19.3. The number of benzene rings is 2. The number of halogens is 6. The molecule has 38 heavy (non-hydrogen) atoms. The number of hydrogen-bond acceptors (Lipinski definition) is 3. The predicted octanol–water partition coefficient (Wildman–Crippen LogP) is 5.74. The van der Waals surface area contributed by atoms with Crippen LogP contribution in [0.4, 0.5) is 26.3 Å². The van der Waals surface area contributed by atoms with E-state index in [-0.39, 0.29) is 38.1 Å². The third kappa shape index (κ3) is 5.86. The van der Waals surface area contributed by atoms with Gasteiger partial charge in [0.1, 0.15) is 23.8 Å². The first-order chi connectivity index (χ1) is 18.0. The lowest BCUT2D eigenvalue weighted by Crippen LogP contribution is -2.60. The number of piperidine rings is 1. The van der Waals surface area contributed by atoms with Gasteiger partial charge in [0, 0.05) is 12.5 Å². The highest BCUT2D eigenvalue weighted by Gasteiger charge is 2.52. The molecule has 1 amide bonds. The topological polar surface area (TPSA) is 50.4 Å². The molecule has 10 heteroatoms. The van der Waals surface area contributed by atoms with E-state index < -0.39 is 60.6 Å². The van der Waals surface area contributed by atoms with Gasteiger partial charge in [-0.25, -0.2) is 26.3 Å². The van der Waals surface area contributed by atoms with Crippen molar-refractivity contribution in [3.8, 4) is 11.1 Å². The highest BCUT2D eigenvalue weighted by Crippen LogP contribution is 2.46. The summed E-state index contributed by atoms with van der Waals surface area (Å²) in [5, 5.41) is 4.98. The van der Waals surface area contributed by atoms with E-state index in [2.05, 4.69) is 10.6 Å². The summed E-state index contributed by atoms with van der Waals surface area (Å²) in [5.74, 6) is -8.57. The number of ether oxygens (including phenoxy) is 1. The Morgan fingerprint density at radius 1 is 1.00 bits per heavy atom. The van der Waals surface area contributed by atoms with Gasteiger partial charge in [0.2, 0.25) is 5.91 Å². The van der Waals surface area contributed by atoms with Crippen LogP contribution in [0.2, 0.25) is 0 Å². The van der Waals surface area contributed by atoms with E-state index in [4.69, 9.17) is 4.74 Å². The average Bonchev–Trinajstić information content (AvgIpc) is 3.67. The smallest absolute Gasteiger partial charge is 0.285 e. The lowest BCUT2D eigenvalue weighted by atomic mass is 9.87. The fraction of sp³-hybridized carbons (Fsp3) is 0.536. The maximum atomic E-state index is 15.0. The van der Waals surface area contributed by atoms with E-state index in [1.54, 1.807) is 18.2 Å². The van der Waals surface area contributed by atoms with Crippen LogP contribution in [0.3, 0.4) is 0 Å². The molecule has 0 unspecified atom stereocenters. The van der Waals surface area contributed by atoms with Crippen LogP contribution < -0.4 is 10.6 Å². The quantitative estimate of drug-likeness (QED) is 0.441. The Morgan fingerprint density at radius 3 is 2.42 bits per heavy atom. The average molecular weight is 541 g/mol. The van der Waals surface area contributed by atoms with Crippen molar-refractivity contribution in [3.63, 3.8) is 0 Å². The molecule has 2 saturated carbocycles. The zero-order chi connectivity index (χ0) is 27.1. The molecule has 2 aromatic carbocycles. The standard InChI is InChI=1S/C28H30F6N2O2/c29-19-11-18(12-20(30)14-19)21-4-1-3-17(25(21)16-6-7-16)13-24(37)36-26-22(5-2-9-27(26,31)32)38-23-8-10-35-15-28(23,33)34/h1,3-4,11-12,14,16,22-23,26,35H,2,5-10,13,15H2,(H,36,37)/t22-,23-,26+/m0/s1. The van der Waals surface area contributed by atoms with Gasteiger partial charge in [0.05, 0.1) is 19.1 Å². The number of hydrogen-bond donors (Lipinski definition) is 2. The molecule has 0 aromatic heterocycles. The van der Waals surface area contributed by atoms with Crippen LogP contribution >= 0.6 is 0 Å². The zero-order valence-electron chi connectivity index (χ0n) is 20.7. The summed E-state index contributed by atoms with van der Waals surface area (Å²) in [6.07, 6.45) is -1.59. The molecular weight excluding hydrogens is 510 g/mol. The van der Waals surface area contributed by atoms with Gasteiger partial charge in [-0.1, -0.05) is 18.2 Å². The molecule has 0 bridgehead atoms. The van der Waals surface area contributed by atoms with E-state index in [1.165, 1.54) is 12.1 Å². The van der Waals surface area contributed by atoms with Crippen molar-refractivity contribution in [2.24, 2.45) is 0 Å². The molecule has 1 saturated heterocycles. The minimum absolute atomic E-state index is 0.0199. The van der Waals surface area contributed by atoms with Crippen LogP contribution in [0.15, 0.2) is 36.4 Å². The first-order valence-corrected chi connectivity index (χ1v) is 13.0. The summed E-state index contributed by atoms with van der Waals surface area (Å²) in [6, 6.07) is 6.56. The Labute approximate surface area is 217 Å². The molecule has 1 aliphatic heterocycles. The summed E-state index contributed by atoms with van der Waals surface area (Å²) in [6.45, 7) is -0.302. The summed E-state index contributed by atoms with van der Waals surface area (Å²) >= 11 is 0. The fourth-order valence-electron chi connectivity index (χ4n) is 5.65. The first-order valence-electron chi connectivity index (χ1n) is 13.0. The van der Waals surface area contributed by atoms with Gasteiger partial charge in [0.15, 0.2) is 0 Å². The van der Waals surface area contributed by atoms with Crippen LogP contribution in [0.1, 0.15) is 55.6 Å². The molecule has 2 N–H and O–H groups in total. The number of carbonyl (C=O) groups is 1. The van der Waals surface area contributed by atoms with E-state index in [9.17, 15) is 31.1 Å². The summed E-state index contributed by atoms with van der Waals surface area (Å²) in [5.41, 5.74) is 2.27. The number of carbonyl (C=O) groups excluding carboxylic acids is 1. The first kappa shape index (κ1) is 27.0. The SMILES string of the molecule is O=C(Cc1cccc(-c2cc(F)cc(F)c2)c1C1CC1)N[C@@H]1[C@@H](O[C@H]2CCNCC2(F)F)CCCC1(F)F. The van der Waals surface area contributed by atoms with Gasteiger partial charge < -0.3 is 15.4 Å². The molecule has 0 spiro atoms. The predicted molar refractivity (Wildman–Crippen MR) is 129 cm³/mol. The molecule has 1 heterocycles. The van der Waals surface area contributed by atoms with Gasteiger partial charge in [-0.2, -0.15) is 0 Å². The van der Waals surface area contributed by atoms with Gasteiger partial charge in [-0.3, -0.25) is 4.79 Å². The third-order valence-electron chi connectivity index (χ3n) is 7.60. The van der Waals surface area contributed by atoms with Crippen LogP contribution in [-0.4, -0.2) is 49.1 Å². The molecule has 4 nitrogen and oxygen atoms in total. The van der Waals surface area contributed by atoms with Gasteiger partial charge in [-0.15, -0.1) is 0 Å². The normalized spacial score (nSPS) is 26.6. The second-order valence-electron chi connectivity index (χ2n) is 10.6. The maximum Gasteiger partial charge on any atom is 0.285 e.